The van der Waals surface area contributed by atoms with E-state index >= 15 is 0 Å². The lowest BCUT2D eigenvalue weighted by Crippen LogP contribution is -2.29. The number of hydrogen-bond donors (Lipinski definition) is 1. The lowest BCUT2D eigenvalue weighted by atomic mass is 10.0. The molecule has 1 N–H and O–H groups in total. The molecule has 1 aliphatic rings. The Bertz CT molecular complexity index is 1270. The van der Waals surface area contributed by atoms with E-state index in [4.69, 9.17) is 13.8 Å². The van der Waals surface area contributed by atoms with E-state index in [2.05, 4.69) is 4.98 Å². The molecule has 0 saturated heterocycles. The number of ether oxygens (including phenoxy) is 1. The van der Waals surface area contributed by atoms with E-state index in [0.717, 1.165) is 4.90 Å². The maximum Gasteiger partial charge on any atom is 0.367 e. The van der Waals surface area contributed by atoms with Crippen LogP contribution in [0.25, 0.3) is 10.9 Å². The second-order valence-corrected chi connectivity index (χ2v) is 9.11. The quantitative estimate of drug-likeness (QED) is 0.419. The third-order valence-corrected chi connectivity index (χ3v) is 6.64. The summed E-state index contributed by atoms with van der Waals surface area (Å²) in [5.41, 5.74) is 0.0846. The van der Waals surface area contributed by atoms with E-state index < -0.39 is 37.3 Å². The minimum Gasteiger partial charge on any atom is -0.505 e. The Balaban J connectivity index is 1.83. The van der Waals surface area contributed by atoms with Crippen LogP contribution in [0.1, 0.15) is 26.3 Å². The monoisotopic (exact) mass is 460 g/mol. The largest absolute Gasteiger partial charge is 0.505 e. The maximum absolute atomic E-state index is 13.2. The second-order valence-electron chi connectivity index (χ2n) is 6.90. The maximum atomic E-state index is 13.2. The predicted octanol–water partition coefficient (Wildman–Crippen LogP) is 3.70. The van der Waals surface area contributed by atoms with Crippen LogP contribution in [0, 0.1) is 5.82 Å². The van der Waals surface area contributed by atoms with Gasteiger partial charge in [0, 0.05) is 25.8 Å². The first-order valence-corrected chi connectivity index (χ1v) is 11.1. The molecule has 0 bridgehead atoms. The smallest absolute Gasteiger partial charge is 0.367 e. The number of carbonyl (C=O) groups is 2. The number of rotatable bonds is 7. The Hall–Kier alpha value is -3.33. The standard InChI is InChI=1S/C21H18FN2O7P/c1-29-32(28,30-2)11-31-19-14-4-3-9-23-17(14)18(25)15-16(19)21(27)24(20(15)26)10-12-5-7-13(22)8-6-12/h3-9,25H,10-11H2,1-2H3. The Morgan fingerprint density at radius 1 is 1.06 bits per heavy atom. The van der Waals surface area contributed by atoms with E-state index in [1.165, 1.54) is 44.7 Å². The number of benzene rings is 2. The molecule has 9 nitrogen and oxygen atoms in total. The molecule has 4 rings (SSSR count). The zero-order valence-electron chi connectivity index (χ0n) is 17.1. The van der Waals surface area contributed by atoms with E-state index in [9.17, 15) is 23.7 Å². The summed E-state index contributed by atoms with van der Waals surface area (Å²) in [6, 6.07) is 8.42. The SMILES string of the molecule is COP(=O)(COc1c2c(c(O)c3ncccc13)C(=O)N(Cc1ccc(F)cc1)C2=O)OC. The van der Waals surface area contributed by atoms with Gasteiger partial charge in [0.25, 0.3) is 11.8 Å². The van der Waals surface area contributed by atoms with Crippen molar-refractivity contribution >= 4 is 30.3 Å². The number of aromatic hydroxyl groups is 1. The summed E-state index contributed by atoms with van der Waals surface area (Å²) in [7, 11) is -1.25. The fraction of sp³-hybridized carbons (Fsp3) is 0.190. The summed E-state index contributed by atoms with van der Waals surface area (Å²) in [5.74, 6) is -2.48. The molecule has 0 spiro atoms. The summed E-state index contributed by atoms with van der Waals surface area (Å²) >= 11 is 0. The first kappa shape index (κ1) is 21.9. The highest BCUT2D eigenvalue weighted by atomic mass is 31.2. The zero-order valence-corrected chi connectivity index (χ0v) is 18.0. The molecular weight excluding hydrogens is 442 g/mol. The molecule has 1 aromatic heterocycles. The van der Waals surface area contributed by atoms with Crippen molar-refractivity contribution < 1.29 is 37.4 Å². The Morgan fingerprint density at radius 2 is 1.72 bits per heavy atom. The first-order chi connectivity index (χ1) is 15.3. The van der Waals surface area contributed by atoms with Crippen LogP contribution in [0.4, 0.5) is 4.39 Å². The number of aromatic nitrogens is 1. The number of hydrogen-bond acceptors (Lipinski definition) is 8. The Labute approximate surface area is 181 Å². The van der Waals surface area contributed by atoms with Crippen molar-refractivity contribution in [2.45, 2.75) is 6.54 Å². The summed E-state index contributed by atoms with van der Waals surface area (Å²) < 4.78 is 41.1. The second kappa shape index (κ2) is 8.31. The van der Waals surface area contributed by atoms with Gasteiger partial charge in [-0.1, -0.05) is 12.1 Å². The molecule has 2 amide bonds. The van der Waals surface area contributed by atoms with Gasteiger partial charge in [0.2, 0.25) is 0 Å². The first-order valence-electron chi connectivity index (χ1n) is 9.37. The highest BCUT2D eigenvalue weighted by molar-refractivity contribution is 7.53. The van der Waals surface area contributed by atoms with Crippen LogP contribution in [0.3, 0.4) is 0 Å². The molecule has 1 aliphatic heterocycles. The van der Waals surface area contributed by atoms with Gasteiger partial charge in [-0.2, -0.15) is 0 Å². The molecule has 0 unspecified atom stereocenters. The van der Waals surface area contributed by atoms with Crippen LogP contribution in [-0.2, 0) is 20.2 Å². The van der Waals surface area contributed by atoms with Gasteiger partial charge in [0.15, 0.2) is 12.1 Å². The number of nitrogens with zero attached hydrogens (tertiary/aromatic N) is 2. The molecule has 0 atom stereocenters. The number of carbonyl (C=O) groups excluding carboxylic acids is 2. The molecule has 3 aromatic rings. The van der Waals surface area contributed by atoms with Gasteiger partial charge in [-0.3, -0.25) is 24.0 Å². The number of pyridine rings is 1. The van der Waals surface area contributed by atoms with E-state index in [1.54, 1.807) is 12.1 Å². The Morgan fingerprint density at radius 3 is 2.38 bits per heavy atom. The lowest BCUT2D eigenvalue weighted by Gasteiger charge is -2.17. The third-order valence-electron chi connectivity index (χ3n) is 5.09. The van der Waals surface area contributed by atoms with E-state index in [-0.39, 0.29) is 34.3 Å². The van der Waals surface area contributed by atoms with Crippen LogP contribution in [0.5, 0.6) is 11.5 Å². The van der Waals surface area contributed by atoms with Gasteiger partial charge in [-0.05, 0) is 29.8 Å². The van der Waals surface area contributed by atoms with Crippen LogP contribution in [-0.4, -0.2) is 47.4 Å². The van der Waals surface area contributed by atoms with Crippen molar-refractivity contribution in [2.24, 2.45) is 0 Å². The van der Waals surface area contributed by atoms with Gasteiger partial charge in [0.1, 0.15) is 22.6 Å². The minimum atomic E-state index is -3.62. The number of amides is 2. The molecule has 0 saturated carbocycles. The molecule has 32 heavy (non-hydrogen) atoms. The zero-order chi connectivity index (χ0) is 23.0. The average molecular weight is 460 g/mol. The van der Waals surface area contributed by atoms with Gasteiger partial charge < -0.3 is 18.9 Å². The van der Waals surface area contributed by atoms with Crippen molar-refractivity contribution in [2.75, 3.05) is 20.6 Å². The van der Waals surface area contributed by atoms with Gasteiger partial charge in [0.05, 0.1) is 12.1 Å². The van der Waals surface area contributed by atoms with Crippen molar-refractivity contribution in [3.63, 3.8) is 0 Å². The van der Waals surface area contributed by atoms with Crippen LogP contribution in [0.15, 0.2) is 42.6 Å². The fourth-order valence-electron chi connectivity index (χ4n) is 3.43. The molecular formula is C21H18FN2O7P. The van der Waals surface area contributed by atoms with Gasteiger partial charge in [-0.25, -0.2) is 4.39 Å². The number of fused-ring (bicyclic) bond motifs is 2. The van der Waals surface area contributed by atoms with Gasteiger partial charge >= 0.3 is 7.60 Å². The van der Waals surface area contributed by atoms with Crippen LogP contribution < -0.4 is 4.74 Å². The molecule has 0 radical (unpaired) electrons. The highest BCUT2D eigenvalue weighted by Gasteiger charge is 2.43. The topological polar surface area (TPSA) is 115 Å². The summed E-state index contributed by atoms with van der Waals surface area (Å²) in [6.07, 6.45) is 0.867. The van der Waals surface area contributed by atoms with Crippen LogP contribution >= 0.6 is 7.60 Å². The van der Waals surface area contributed by atoms with Crippen molar-refractivity contribution in [1.29, 1.82) is 0 Å². The fourth-order valence-corrected chi connectivity index (χ4v) is 4.07. The molecule has 2 aromatic carbocycles. The van der Waals surface area contributed by atoms with Gasteiger partial charge in [-0.15, -0.1) is 0 Å². The van der Waals surface area contributed by atoms with E-state index in [1.807, 2.05) is 0 Å². The lowest BCUT2D eigenvalue weighted by molar-refractivity contribution is 0.0640. The predicted molar refractivity (Wildman–Crippen MR) is 111 cm³/mol. The number of imide groups is 1. The molecule has 0 fully saturated rings. The molecule has 11 heteroatoms. The molecule has 166 valence electrons. The van der Waals surface area contributed by atoms with Crippen LogP contribution in [0.2, 0.25) is 0 Å². The van der Waals surface area contributed by atoms with Crippen molar-refractivity contribution in [3.05, 3.63) is 65.1 Å². The summed E-state index contributed by atoms with van der Waals surface area (Å²) in [4.78, 5) is 31.3. The summed E-state index contributed by atoms with van der Waals surface area (Å²) in [5, 5.41) is 11.0. The molecule has 0 aliphatic carbocycles. The number of halogens is 1. The number of phenolic OH excluding ortho intramolecular Hbond substituents is 1. The van der Waals surface area contributed by atoms with Crippen molar-refractivity contribution in [3.8, 4) is 11.5 Å². The molecule has 2 heterocycles. The number of phenols is 1. The Kier molecular flexibility index (Phi) is 5.68. The summed E-state index contributed by atoms with van der Waals surface area (Å²) in [6.45, 7) is -0.149. The highest BCUT2D eigenvalue weighted by Crippen LogP contribution is 2.49. The minimum absolute atomic E-state index is 0.0377. The normalized spacial score (nSPS) is 13.7. The van der Waals surface area contributed by atoms with E-state index in [0.29, 0.717) is 5.56 Å². The third kappa shape index (κ3) is 3.62. The van der Waals surface area contributed by atoms with Crippen molar-refractivity contribution in [1.82, 2.24) is 9.88 Å². The average Bonchev–Trinajstić information content (AvgIpc) is 3.05.